The van der Waals surface area contributed by atoms with Gasteiger partial charge in [0.15, 0.2) is 0 Å². The van der Waals surface area contributed by atoms with Crippen molar-refractivity contribution in [3.8, 4) is 11.3 Å². The Balaban J connectivity index is 1.45. The van der Waals surface area contributed by atoms with Crippen LogP contribution in [-0.4, -0.2) is 57.8 Å². The Labute approximate surface area is 224 Å². The van der Waals surface area contributed by atoms with E-state index in [0.29, 0.717) is 35.8 Å². The fraction of sp³-hybridized carbons (Fsp3) is 0.333. The van der Waals surface area contributed by atoms with Gasteiger partial charge < -0.3 is 26.0 Å². The minimum Gasteiger partial charge on any atom is -0.380 e. The quantitative estimate of drug-likeness (QED) is 0.329. The highest BCUT2D eigenvalue weighted by molar-refractivity contribution is 5.75. The van der Waals surface area contributed by atoms with E-state index in [1.165, 1.54) is 30.7 Å². The van der Waals surface area contributed by atoms with E-state index in [2.05, 4.69) is 37.5 Å². The van der Waals surface area contributed by atoms with E-state index in [9.17, 15) is 13.6 Å². The van der Waals surface area contributed by atoms with Crippen LogP contribution in [0.15, 0.2) is 48.9 Å². The van der Waals surface area contributed by atoms with E-state index in [1.54, 1.807) is 30.7 Å². The number of hydrogen-bond donors (Lipinski definition) is 3. The average molecular weight is 537 g/mol. The molecule has 1 aliphatic rings. The van der Waals surface area contributed by atoms with Crippen LogP contribution >= 0.6 is 0 Å². The Morgan fingerprint density at radius 2 is 1.95 bits per heavy atom. The minimum absolute atomic E-state index is 0.0954. The standard InChI is InChI=1S/C27H30F2N8O2/c1-15-12-36(13-21(30)26(15)33-16(2)38)24-6-7-31-11-23(24)34-27-32-10-18-4-5-22(35-37(18)27)25-19(28)8-17(14-39-3)9-20(25)29/h4-11,15,21,26H,12-14,30H2,1-3H3,(H,32,34)(H,33,38)/t15-,21+,26-/m0/s1. The summed E-state index contributed by atoms with van der Waals surface area (Å²) < 4.78 is 36.3. The van der Waals surface area contributed by atoms with Crippen LogP contribution in [-0.2, 0) is 16.1 Å². The number of benzene rings is 1. The van der Waals surface area contributed by atoms with Crippen molar-refractivity contribution in [2.24, 2.45) is 11.7 Å². The topological polar surface area (TPSA) is 123 Å². The number of carbonyl (C=O) groups is 1. The van der Waals surface area contributed by atoms with Gasteiger partial charge in [0.1, 0.15) is 11.6 Å². The van der Waals surface area contributed by atoms with Crippen LogP contribution in [0, 0.1) is 17.6 Å². The molecule has 0 spiro atoms. The van der Waals surface area contributed by atoms with Crippen molar-refractivity contribution < 1.29 is 18.3 Å². The van der Waals surface area contributed by atoms with Crippen molar-refractivity contribution in [3.63, 3.8) is 0 Å². The molecule has 0 unspecified atom stereocenters. The van der Waals surface area contributed by atoms with Crippen LogP contribution in [0.4, 0.5) is 26.1 Å². The second-order valence-electron chi connectivity index (χ2n) is 9.79. The third-order valence-electron chi connectivity index (χ3n) is 6.82. The summed E-state index contributed by atoms with van der Waals surface area (Å²) in [6.45, 7) is 4.83. The van der Waals surface area contributed by atoms with Crippen molar-refractivity contribution in [3.05, 3.63) is 66.1 Å². The molecule has 1 saturated heterocycles. The monoisotopic (exact) mass is 536 g/mol. The molecule has 5 rings (SSSR count). The highest BCUT2D eigenvalue weighted by atomic mass is 19.1. The zero-order valence-electron chi connectivity index (χ0n) is 21.9. The van der Waals surface area contributed by atoms with Gasteiger partial charge in [-0.3, -0.25) is 9.78 Å². The molecule has 0 aliphatic carbocycles. The van der Waals surface area contributed by atoms with Gasteiger partial charge in [0.05, 0.1) is 47.1 Å². The Morgan fingerprint density at radius 1 is 1.18 bits per heavy atom. The van der Waals surface area contributed by atoms with E-state index in [4.69, 9.17) is 10.5 Å². The lowest BCUT2D eigenvalue weighted by molar-refractivity contribution is -0.120. The molecule has 204 valence electrons. The molecule has 1 amide bonds. The number of nitrogens with two attached hydrogens (primary N) is 1. The number of halogens is 2. The number of nitrogens with zero attached hydrogens (tertiary/aromatic N) is 5. The van der Waals surface area contributed by atoms with Crippen LogP contribution < -0.4 is 21.3 Å². The first kappa shape index (κ1) is 26.4. The highest BCUT2D eigenvalue weighted by Crippen LogP contribution is 2.32. The van der Waals surface area contributed by atoms with Gasteiger partial charge in [0.25, 0.3) is 0 Å². The normalized spacial score (nSPS) is 19.3. The Kier molecular flexibility index (Phi) is 7.40. The minimum atomic E-state index is -0.730. The van der Waals surface area contributed by atoms with Crippen LogP contribution in [0.5, 0.6) is 0 Å². The van der Waals surface area contributed by atoms with Gasteiger partial charge in [-0.25, -0.2) is 13.8 Å². The van der Waals surface area contributed by atoms with Gasteiger partial charge in [0.2, 0.25) is 11.9 Å². The molecule has 39 heavy (non-hydrogen) atoms. The molecule has 1 aromatic carbocycles. The SMILES string of the molecule is COCc1cc(F)c(-c2ccc3cnc(Nc4cnccc4N4C[C@@H](N)[C@@H](NC(C)=O)[C@@H](C)C4)n3n2)c(F)c1. The first-order valence-electron chi connectivity index (χ1n) is 12.6. The number of pyridine rings is 1. The molecular formula is C27H30F2N8O2. The maximum absolute atomic E-state index is 14.9. The molecule has 0 radical (unpaired) electrons. The molecule has 4 N–H and O–H groups in total. The lowest BCUT2D eigenvalue weighted by Crippen LogP contribution is -2.61. The van der Waals surface area contributed by atoms with Crippen LogP contribution in [0.1, 0.15) is 19.4 Å². The first-order chi connectivity index (χ1) is 18.7. The summed E-state index contributed by atoms with van der Waals surface area (Å²) in [6, 6.07) is 7.21. The number of piperidine rings is 1. The number of aromatic nitrogens is 4. The summed E-state index contributed by atoms with van der Waals surface area (Å²) in [7, 11) is 1.46. The third-order valence-corrected chi connectivity index (χ3v) is 6.82. The molecule has 0 bridgehead atoms. The van der Waals surface area contributed by atoms with E-state index in [0.717, 1.165) is 5.69 Å². The van der Waals surface area contributed by atoms with E-state index >= 15 is 0 Å². The fourth-order valence-electron chi connectivity index (χ4n) is 5.11. The number of nitrogens with one attached hydrogen (secondary N) is 2. The molecule has 3 atom stereocenters. The summed E-state index contributed by atoms with van der Waals surface area (Å²) >= 11 is 0. The number of methoxy groups -OCH3 is 1. The average Bonchev–Trinajstić information content (AvgIpc) is 3.28. The van der Waals surface area contributed by atoms with Crippen molar-refractivity contribution in [1.82, 2.24) is 24.9 Å². The lowest BCUT2D eigenvalue weighted by Gasteiger charge is -2.42. The molecule has 1 aliphatic heterocycles. The third kappa shape index (κ3) is 5.38. The summed E-state index contributed by atoms with van der Waals surface area (Å²) in [5, 5.41) is 10.7. The number of anilines is 3. The first-order valence-corrected chi connectivity index (χ1v) is 12.6. The maximum atomic E-state index is 14.9. The number of carbonyl (C=O) groups excluding carboxylic acids is 1. The molecule has 4 heterocycles. The second kappa shape index (κ2) is 10.9. The zero-order valence-corrected chi connectivity index (χ0v) is 21.9. The van der Waals surface area contributed by atoms with E-state index in [-0.39, 0.29) is 41.8 Å². The van der Waals surface area contributed by atoms with Crippen molar-refractivity contribution in [2.75, 3.05) is 30.4 Å². The second-order valence-corrected chi connectivity index (χ2v) is 9.79. The Morgan fingerprint density at radius 3 is 2.64 bits per heavy atom. The number of imidazole rings is 1. The predicted molar refractivity (Wildman–Crippen MR) is 144 cm³/mol. The number of amides is 1. The zero-order chi connectivity index (χ0) is 27.7. The largest absolute Gasteiger partial charge is 0.380 e. The van der Waals surface area contributed by atoms with Crippen LogP contribution in [0.25, 0.3) is 16.8 Å². The Hall–Kier alpha value is -4.16. The number of hydrogen-bond acceptors (Lipinski definition) is 8. The maximum Gasteiger partial charge on any atom is 0.229 e. The molecule has 0 saturated carbocycles. The van der Waals surface area contributed by atoms with Gasteiger partial charge in [0, 0.05) is 45.4 Å². The van der Waals surface area contributed by atoms with Crippen molar-refractivity contribution >= 4 is 28.7 Å². The van der Waals surface area contributed by atoms with E-state index in [1.807, 2.05) is 6.07 Å². The molecule has 10 nitrogen and oxygen atoms in total. The van der Waals surface area contributed by atoms with E-state index < -0.39 is 11.6 Å². The molecule has 4 aromatic rings. The number of fused-ring (bicyclic) bond motifs is 1. The van der Waals surface area contributed by atoms with Crippen LogP contribution in [0.2, 0.25) is 0 Å². The summed E-state index contributed by atoms with van der Waals surface area (Å²) in [5.74, 6) is -1.11. The Bertz CT molecular complexity index is 1480. The van der Waals surface area contributed by atoms with Gasteiger partial charge in [-0.1, -0.05) is 6.92 Å². The highest BCUT2D eigenvalue weighted by Gasteiger charge is 2.34. The summed E-state index contributed by atoms with van der Waals surface area (Å²) in [5.41, 5.74) is 8.87. The number of ether oxygens (including phenoxy) is 1. The molecule has 12 heteroatoms. The summed E-state index contributed by atoms with van der Waals surface area (Å²) in [6.07, 6.45) is 4.97. The van der Waals surface area contributed by atoms with Crippen LogP contribution in [0.3, 0.4) is 0 Å². The van der Waals surface area contributed by atoms with Gasteiger partial charge in [-0.05, 0) is 41.8 Å². The lowest BCUT2D eigenvalue weighted by atomic mass is 9.89. The summed E-state index contributed by atoms with van der Waals surface area (Å²) in [4.78, 5) is 22.5. The predicted octanol–water partition coefficient (Wildman–Crippen LogP) is 3.25. The van der Waals surface area contributed by atoms with Gasteiger partial charge in [-0.15, -0.1) is 0 Å². The fourth-order valence-corrected chi connectivity index (χ4v) is 5.11. The smallest absolute Gasteiger partial charge is 0.229 e. The molecular weight excluding hydrogens is 506 g/mol. The molecule has 3 aromatic heterocycles. The van der Waals surface area contributed by atoms with Crippen molar-refractivity contribution in [1.29, 1.82) is 0 Å². The van der Waals surface area contributed by atoms with Crippen molar-refractivity contribution in [2.45, 2.75) is 32.5 Å². The van der Waals surface area contributed by atoms with Gasteiger partial charge in [-0.2, -0.15) is 9.61 Å². The van der Waals surface area contributed by atoms with Gasteiger partial charge >= 0.3 is 0 Å². The number of rotatable bonds is 7. The molecule has 1 fully saturated rings.